The second kappa shape index (κ2) is 62.7. The predicted octanol–water partition coefficient (Wildman–Crippen LogP) is 20.7. The number of rotatable bonds is 64. The van der Waals surface area contributed by atoms with Gasteiger partial charge in [0.15, 0.2) is 6.10 Å². The monoisotopic (exact) mass is 1150 g/mol. The van der Waals surface area contributed by atoms with Crippen LogP contribution < -0.4 is 0 Å². The van der Waals surface area contributed by atoms with Crippen molar-refractivity contribution in [3.05, 3.63) is 36.5 Å². The van der Waals surface area contributed by atoms with Gasteiger partial charge < -0.3 is 24.2 Å². The first-order valence-electron chi connectivity index (χ1n) is 33.9. The number of hydrogen-bond acceptors (Lipinski definition) is 10. The number of aliphatic hydroxyl groups excluding tert-OH is 1. The fourth-order valence-corrected chi connectivity index (χ4v) is 10.6. The number of phosphoric ester groups is 1. The Labute approximate surface area is 492 Å². The summed E-state index contributed by atoms with van der Waals surface area (Å²) in [5.41, 5.74) is 0. The zero-order valence-corrected chi connectivity index (χ0v) is 53.2. The largest absolute Gasteiger partial charge is 0.472 e. The fraction of sp³-hybridized carbons (Fsp3) is 0.868. The van der Waals surface area contributed by atoms with Gasteiger partial charge in [-0.1, -0.05) is 282 Å². The maximum atomic E-state index is 13.0. The van der Waals surface area contributed by atoms with Crippen molar-refractivity contribution in [1.29, 1.82) is 0 Å². The highest BCUT2D eigenvalue weighted by Gasteiger charge is 2.28. The molecule has 0 radical (unpaired) electrons. The summed E-state index contributed by atoms with van der Waals surface area (Å²) in [6, 6.07) is 0. The normalized spacial score (nSPS) is 13.4. The Kier molecular flexibility index (Phi) is 60.9. The van der Waals surface area contributed by atoms with Crippen LogP contribution in [0.3, 0.4) is 0 Å². The molecule has 470 valence electrons. The van der Waals surface area contributed by atoms with Crippen molar-refractivity contribution in [2.45, 2.75) is 354 Å². The minimum atomic E-state index is -4.75. The highest BCUT2D eigenvalue weighted by Crippen LogP contribution is 2.43. The molecular weight excluding hydrogens is 1020 g/mol. The number of allylic oxidation sites excluding steroid dienone is 6. The van der Waals surface area contributed by atoms with Crippen LogP contribution >= 0.6 is 7.82 Å². The van der Waals surface area contributed by atoms with E-state index in [0.29, 0.717) is 19.3 Å². The molecule has 0 aromatic heterocycles. The molecular formula is C68H127O11P. The SMILES string of the molecule is CCCCC/C=C\C/C=C\CCCCCCCCCC(=O)OC(CO)COP(=O)(O)OCC(COC(=O)CCCCCCCCC/C=C\CCCCCCCC)OC(=O)CCCCCCCCCCCCCCCCCCCCC. The lowest BCUT2D eigenvalue weighted by atomic mass is 10.0. The summed E-state index contributed by atoms with van der Waals surface area (Å²) >= 11 is 0. The summed E-state index contributed by atoms with van der Waals surface area (Å²) < 4.78 is 39.8. The molecule has 0 amide bonds. The van der Waals surface area contributed by atoms with Crippen LogP contribution in [0.2, 0.25) is 0 Å². The number of carbonyl (C=O) groups is 3. The molecule has 2 N–H and O–H groups in total. The van der Waals surface area contributed by atoms with Gasteiger partial charge in [-0.25, -0.2) is 4.57 Å². The van der Waals surface area contributed by atoms with Gasteiger partial charge in [-0.15, -0.1) is 0 Å². The van der Waals surface area contributed by atoms with Crippen molar-refractivity contribution in [2.24, 2.45) is 0 Å². The van der Waals surface area contributed by atoms with Gasteiger partial charge in [0, 0.05) is 19.3 Å². The minimum absolute atomic E-state index is 0.171. The molecule has 0 saturated carbocycles. The predicted molar refractivity (Wildman–Crippen MR) is 335 cm³/mol. The van der Waals surface area contributed by atoms with E-state index < -0.39 is 57.8 Å². The summed E-state index contributed by atoms with van der Waals surface area (Å²) in [6.45, 7) is 4.69. The second-order valence-electron chi connectivity index (χ2n) is 23.0. The summed E-state index contributed by atoms with van der Waals surface area (Å²) in [4.78, 5) is 48.8. The van der Waals surface area contributed by atoms with Gasteiger partial charge in [0.2, 0.25) is 0 Å². The third kappa shape index (κ3) is 60.3. The van der Waals surface area contributed by atoms with Crippen LogP contribution in [0.1, 0.15) is 342 Å². The van der Waals surface area contributed by atoms with Crippen LogP contribution in [0.4, 0.5) is 0 Å². The molecule has 0 fully saturated rings. The van der Waals surface area contributed by atoms with Gasteiger partial charge in [0.1, 0.15) is 12.7 Å². The van der Waals surface area contributed by atoms with Crippen LogP contribution in [0.25, 0.3) is 0 Å². The number of aliphatic hydroxyl groups is 1. The molecule has 0 rings (SSSR count). The van der Waals surface area contributed by atoms with Crippen LogP contribution in [0.15, 0.2) is 36.5 Å². The minimum Gasteiger partial charge on any atom is -0.462 e. The lowest BCUT2D eigenvalue weighted by molar-refractivity contribution is -0.161. The third-order valence-corrected chi connectivity index (χ3v) is 16.0. The van der Waals surface area contributed by atoms with E-state index in [1.165, 1.54) is 199 Å². The van der Waals surface area contributed by atoms with Gasteiger partial charge in [-0.2, -0.15) is 0 Å². The van der Waals surface area contributed by atoms with Crippen molar-refractivity contribution in [2.75, 3.05) is 26.4 Å². The molecule has 12 heteroatoms. The van der Waals surface area contributed by atoms with Crippen LogP contribution in [0, 0.1) is 0 Å². The third-order valence-electron chi connectivity index (χ3n) is 15.0. The van der Waals surface area contributed by atoms with Gasteiger partial charge in [-0.05, 0) is 77.0 Å². The Bertz CT molecular complexity index is 1480. The quantitative estimate of drug-likeness (QED) is 0.0197. The number of esters is 3. The van der Waals surface area contributed by atoms with Crippen LogP contribution in [-0.4, -0.2) is 66.5 Å². The van der Waals surface area contributed by atoms with Crippen LogP contribution in [-0.2, 0) is 42.2 Å². The van der Waals surface area contributed by atoms with Gasteiger partial charge >= 0.3 is 25.7 Å². The molecule has 3 unspecified atom stereocenters. The van der Waals surface area contributed by atoms with E-state index in [1.807, 2.05) is 0 Å². The van der Waals surface area contributed by atoms with Gasteiger partial charge in [-0.3, -0.25) is 23.4 Å². The Balaban J connectivity index is 4.66. The van der Waals surface area contributed by atoms with Crippen LogP contribution in [0.5, 0.6) is 0 Å². The van der Waals surface area contributed by atoms with Crippen molar-refractivity contribution in [1.82, 2.24) is 0 Å². The number of phosphoric acid groups is 1. The maximum Gasteiger partial charge on any atom is 0.472 e. The summed E-state index contributed by atoms with van der Waals surface area (Å²) in [5.74, 6) is -1.45. The molecule has 0 aromatic carbocycles. The Hall–Kier alpha value is -2.30. The zero-order chi connectivity index (χ0) is 58.3. The summed E-state index contributed by atoms with van der Waals surface area (Å²) in [5, 5.41) is 9.86. The van der Waals surface area contributed by atoms with E-state index in [1.54, 1.807) is 0 Å². The Morgan fingerprint density at radius 3 is 0.963 bits per heavy atom. The molecule has 0 heterocycles. The molecule has 0 aliphatic rings. The molecule has 80 heavy (non-hydrogen) atoms. The number of unbranched alkanes of at least 4 members (excludes halogenated alkanes) is 41. The van der Waals surface area contributed by atoms with Gasteiger partial charge in [0.05, 0.1) is 19.8 Å². The lowest BCUT2D eigenvalue weighted by Gasteiger charge is -2.21. The first kappa shape index (κ1) is 77.7. The average molecular weight is 1150 g/mol. The van der Waals surface area contributed by atoms with Crippen molar-refractivity contribution >= 4 is 25.7 Å². The zero-order valence-electron chi connectivity index (χ0n) is 52.3. The highest BCUT2D eigenvalue weighted by atomic mass is 31.2. The van der Waals surface area contributed by atoms with E-state index in [2.05, 4.69) is 57.2 Å². The average Bonchev–Trinajstić information content (AvgIpc) is 3.45. The maximum absolute atomic E-state index is 13.0. The Morgan fingerprint density at radius 1 is 0.350 bits per heavy atom. The standard InChI is InChI=1S/C68H127O11P/c1-4-7-10-13-16-19-22-25-28-31-32-35-38-41-44-47-50-53-56-59-68(72)79-65(61-75-66(70)57-54-51-48-45-42-39-36-33-29-26-23-20-17-14-11-8-5-2)63-77-80(73,74)76-62-64(60-69)78-67(71)58-55-52-49-46-43-40-37-34-30-27-24-21-18-15-12-9-6-3/h18,21,26-27,29-30,64-65,69H,4-17,19-20,22-25,28,31-63H2,1-3H3,(H,73,74)/b21-18-,29-26-,30-27-. The van der Waals surface area contributed by atoms with Crippen molar-refractivity contribution in [3.8, 4) is 0 Å². The molecule has 3 atom stereocenters. The first-order chi connectivity index (χ1) is 39.2. The molecule has 0 bridgehead atoms. The van der Waals surface area contributed by atoms with Gasteiger partial charge in [0.25, 0.3) is 0 Å². The van der Waals surface area contributed by atoms with E-state index in [0.717, 1.165) is 83.5 Å². The van der Waals surface area contributed by atoms with Crippen molar-refractivity contribution in [3.63, 3.8) is 0 Å². The number of ether oxygens (including phenoxy) is 3. The molecule has 11 nitrogen and oxygen atoms in total. The van der Waals surface area contributed by atoms with E-state index >= 15 is 0 Å². The lowest BCUT2D eigenvalue weighted by Crippen LogP contribution is -2.30. The Morgan fingerprint density at radius 2 is 0.613 bits per heavy atom. The van der Waals surface area contributed by atoms with Crippen molar-refractivity contribution < 1.29 is 52.2 Å². The van der Waals surface area contributed by atoms with E-state index in [4.69, 9.17) is 23.3 Å². The molecule has 0 saturated heterocycles. The molecule has 0 spiro atoms. The summed E-state index contributed by atoms with van der Waals surface area (Å²) in [7, 11) is -4.75. The molecule has 0 aliphatic carbocycles. The number of carbonyl (C=O) groups excluding carboxylic acids is 3. The smallest absolute Gasteiger partial charge is 0.462 e. The molecule has 0 aliphatic heterocycles. The topological polar surface area (TPSA) is 155 Å². The number of hydrogen-bond donors (Lipinski definition) is 2. The van der Waals surface area contributed by atoms with E-state index in [-0.39, 0.29) is 25.9 Å². The summed E-state index contributed by atoms with van der Waals surface area (Å²) in [6.07, 6.45) is 68.0. The molecule has 0 aromatic rings. The highest BCUT2D eigenvalue weighted by molar-refractivity contribution is 7.47. The van der Waals surface area contributed by atoms with E-state index in [9.17, 15) is 28.9 Å². The fourth-order valence-electron chi connectivity index (χ4n) is 9.86. The first-order valence-corrected chi connectivity index (χ1v) is 35.4. The second-order valence-corrected chi connectivity index (χ2v) is 24.4.